The van der Waals surface area contributed by atoms with Crippen LogP contribution in [-0.2, 0) is 14.3 Å². The Morgan fingerprint density at radius 2 is 1.87 bits per heavy atom. The lowest BCUT2D eigenvalue weighted by Gasteiger charge is -2.29. The van der Waals surface area contributed by atoms with Gasteiger partial charge in [-0.15, -0.1) is 11.3 Å². The summed E-state index contributed by atoms with van der Waals surface area (Å²) in [5, 5.41) is 7.33. The molecule has 0 aliphatic carbocycles. The normalized spacial score (nSPS) is 14.6. The van der Waals surface area contributed by atoms with Gasteiger partial charge in [-0.05, 0) is 49.6 Å². The maximum Gasteiger partial charge on any atom is 0.261 e. The van der Waals surface area contributed by atoms with Crippen molar-refractivity contribution in [3.8, 4) is 0 Å². The molecule has 1 unspecified atom stereocenters. The molecular formula is C22H28N4O4S. The molecule has 2 aromatic rings. The first-order valence-corrected chi connectivity index (χ1v) is 11.2. The molecule has 1 aliphatic rings. The number of nitrogens with one attached hydrogen (secondary N) is 2. The summed E-state index contributed by atoms with van der Waals surface area (Å²) < 4.78 is 5.37. The Hall–Kier alpha value is -2.91. The molecule has 1 aliphatic heterocycles. The van der Waals surface area contributed by atoms with Gasteiger partial charge in [-0.2, -0.15) is 0 Å². The molecule has 2 N–H and O–H groups in total. The van der Waals surface area contributed by atoms with Crippen molar-refractivity contribution < 1.29 is 19.1 Å². The second-order valence-electron chi connectivity index (χ2n) is 7.22. The van der Waals surface area contributed by atoms with Gasteiger partial charge in [0.15, 0.2) is 0 Å². The van der Waals surface area contributed by atoms with Crippen LogP contribution in [0, 0.1) is 0 Å². The van der Waals surface area contributed by atoms with Gasteiger partial charge in [0, 0.05) is 31.0 Å². The molecule has 0 spiro atoms. The Labute approximate surface area is 186 Å². The number of hydrogen-bond donors (Lipinski definition) is 2. The molecule has 31 heavy (non-hydrogen) atoms. The number of likely N-dealkylation sites (N-methyl/N-ethyl adjacent to an activating group) is 1. The average molecular weight is 445 g/mol. The minimum absolute atomic E-state index is 0.0836. The van der Waals surface area contributed by atoms with Crippen molar-refractivity contribution >= 4 is 40.4 Å². The van der Waals surface area contributed by atoms with Crippen LogP contribution in [0.25, 0.3) is 0 Å². The zero-order valence-corrected chi connectivity index (χ0v) is 18.6. The average Bonchev–Trinajstić information content (AvgIpc) is 3.33. The highest BCUT2D eigenvalue weighted by molar-refractivity contribution is 7.12. The third kappa shape index (κ3) is 6.28. The molecule has 2 heterocycles. The second-order valence-corrected chi connectivity index (χ2v) is 8.17. The van der Waals surface area contributed by atoms with Crippen molar-refractivity contribution in [3.63, 3.8) is 0 Å². The summed E-state index contributed by atoms with van der Waals surface area (Å²) in [6.45, 7) is 6.83. The fourth-order valence-electron chi connectivity index (χ4n) is 3.31. The molecule has 3 rings (SSSR count). The molecule has 8 nitrogen and oxygen atoms in total. The van der Waals surface area contributed by atoms with Crippen LogP contribution < -0.4 is 15.5 Å². The van der Waals surface area contributed by atoms with Crippen LogP contribution in [-0.4, -0.2) is 68.1 Å². The summed E-state index contributed by atoms with van der Waals surface area (Å²) in [5.41, 5.74) is 1.76. The number of thiophene rings is 1. The predicted molar refractivity (Wildman–Crippen MR) is 122 cm³/mol. The summed E-state index contributed by atoms with van der Waals surface area (Å²) in [5.74, 6) is -0.881. The first-order chi connectivity index (χ1) is 15.0. The highest BCUT2D eigenvalue weighted by Gasteiger charge is 2.23. The molecule has 0 saturated carbocycles. The molecule has 3 amide bonds. The lowest BCUT2D eigenvalue weighted by atomic mass is 10.2. The van der Waals surface area contributed by atoms with Crippen molar-refractivity contribution in [1.29, 1.82) is 0 Å². The summed E-state index contributed by atoms with van der Waals surface area (Å²) in [4.78, 5) is 41.6. The Bertz CT molecular complexity index is 879. The van der Waals surface area contributed by atoms with Crippen molar-refractivity contribution in [2.24, 2.45) is 0 Å². The van der Waals surface area contributed by atoms with E-state index in [0.717, 1.165) is 18.8 Å². The molecule has 166 valence electrons. The van der Waals surface area contributed by atoms with Gasteiger partial charge in [-0.3, -0.25) is 14.4 Å². The third-order valence-corrected chi connectivity index (χ3v) is 5.89. The van der Waals surface area contributed by atoms with E-state index in [2.05, 4.69) is 15.5 Å². The predicted octanol–water partition coefficient (Wildman–Crippen LogP) is 2.19. The molecule has 1 aromatic carbocycles. The molecule has 0 bridgehead atoms. The fourth-order valence-corrected chi connectivity index (χ4v) is 3.93. The van der Waals surface area contributed by atoms with Gasteiger partial charge in [-0.25, -0.2) is 0 Å². The summed E-state index contributed by atoms with van der Waals surface area (Å²) in [6, 6.07) is 10.4. The number of anilines is 2. The van der Waals surface area contributed by atoms with Crippen LogP contribution in [0.3, 0.4) is 0 Å². The van der Waals surface area contributed by atoms with E-state index in [-0.39, 0.29) is 24.3 Å². The van der Waals surface area contributed by atoms with Gasteiger partial charge in [-0.1, -0.05) is 6.07 Å². The van der Waals surface area contributed by atoms with Gasteiger partial charge < -0.3 is 25.2 Å². The number of carbonyl (C=O) groups is 3. The highest BCUT2D eigenvalue weighted by Crippen LogP contribution is 2.19. The largest absolute Gasteiger partial charge is 0.378 e. The fraction of sp³-hybridized carbons (Fsp3) is 0.409. The third-order valence-electron chi connectivity index (χ3n) is 5.02. The zero-order chi connectivity index (χ0) is 22.2. The Morgan fingerprint density at radius 3 is 2.48 bits per heavy atom. The van der Waals surface area contributed by atoms with Crippen molar-refractivity contribution in [2.45, 2.75) is 19.9 Å². The Kier molecular flexibility index (Phi) is 8.02. The minimum Gasteiger partial charge on any atom is -0.378 e. The lowest BCUT2D eigenvalue weighted by molar-refractivity contribution is -0.135. The summed E-state index contributed by atoms with van der Waals surface area (Å²) >= 11 is 1.31. The van der Waals surface area contributed by atoms with E-state index >= 15 is 0 Å². The van der Waals surface area contributed by atoms with Crippen LogP contribution in [0.2, 0.25) is 0 Å². The van der Waals surface area contributed by atoms with Gasteiger partial charge in [0.2, 0.25) is 11.8 Å². The van der Waals surface area contributed by atoms with Gasteiger partial charge >= 0.3 is 0 Å². The van der Waals surface area contributed by atoms with E-state index in [4.69, 9.17) is 4.74 Å². The van der Waals surface area contributed by atoms with Crippen LogP contribution in [0.5, 0.6) is 0 Å². The van der Waals surface area contributed by atoms with Crippen LogP contribution >= 0.6 is 11.3 Å². The first kappa shape index (κ1) is 22.8. The van der Waals surface area contributed by atoms with E-state index in [0.29, 0.717) is 30.3 Å². The minimum atomic E-state index is -0.727. The highest BCUT2D eigenvalue weighted by atomic mass is 32.1. The van der Waals surface area contributed by atoms with Crippen LogP contribution in [0.15, 0.2) is 41.8 Å². The molecule has 1 fully saturated rings. The summed E-state index contributed by atoms with van der Waals surface area (Å²) in [6.07, 6.45) is 0. The summed E-state index contributed by atoms with van der Waals surface area (Å²) in [7, 11) is 0. The first-order valence-electron chi connectivity index (χ1n) is 10.3. The molecule has 1 aromatic heterocycles. The van der Waals surface area contributed by atoms with Gasteiger partial charge in [0.25, 0.3) is 5.91 Å². The number of rotatable bonds is 8. The van der Waals surface area contributed by atoms with Gasteiger partial charge in [0.05, 0.1) is 24.6 Å². The standard InChI is InChI=1S/C22H28N4O4S/c1-3-25(22(29)16(2)23-21(28)19-5-4-14-31-19)15-20(27)24-17-6-8-18(9-7-17)26-10-12-30-13-11-26/h4-9,14,16H,3,10-13,15H2,1-2H3,(H,23,28)(H,24,27). The van der Waals surface area contributed by atoms with Crippen molar-refractivity contribution in [3.05, 3.63) is 46.7 Å². The number of hydrogen-bond acceptors (Lipinski definition) is 6. The smallest absolute Gasteiger partial charge is 0.261 e. The van der Waals surface area contributed by atoms with E-state index < -0.39 is 6.04 Å². The van der Waals surface area contributed by atoms with E-state index in [9.17, 15) is 14.4 Å². The van der Waals surface area contributed by atoms with E-state index in [1.54, 1.807) is 31.4 Å². The maximum atomic E-state index is 12.7. The molecule has 1 saturated heterocycles. The monoisotopic (exact) mass is 444 g/mol. The SMILES string of the molecule is CCN(CC(=O)Nc1ccc(N2CCOCC2)cc1)C(=O)C(C)NC(=O)c1cccs1. The number of nitrogens with zero attached hydrogens (tertiary/aromatic N) is 2. The number of amides is 3. The number of carbonyl (C=O) groups excluding carboxylic acids is 3. The van der Waals surface area contributed by atoms with E-state index in [1.807, 2.05) is 24.3 Å². The van der Waals surface area contributed by atoms with Crippen LogP contribution in [0.1, 0.15) is 23.5 Å². The number of morpholine rings is 1. The number of ether oxygens (including phenoxy) is 1. The number of benzene rings is 1. The Morgan fingerprint density at radius 1 is 1.16 bits per heavy atom. The zero-order valence-electron chi connectivity index (χ0n) is 17.8. The molecule has 0 radical (unpaired) electrons. The maximum absolute atomic E-state index is 12.7. The molecule has 1 atom stereocenters. The van der Waals surface area contributed by atoms with Crippen molar-refractivity contribution in [2.75, 3.05) is 49.6 Å². The van der Waals surface area contributed by atoms with E-state index in [1.165, 1.54) is 16.2 Å². The Balaban J connectivity index is 1.51. The lowest BCUT2D eigenvalue weighted by Crippen LogP contribution is -2.48. The molecular weight excluding hydrogens is 416 g/mol. The second kappa shape index (κ2) is 10.9. The van der Waals surface area contributed by atoms with Crippen LogP contribution in [0.4, 0.5) is 11.4 Å². The quantitative estimate of drug-likeness (QED) is 0.651. The molecule has 9 heteroatoms. The van der Waals surface area contributed by atoms with Crippen molar-refractivity contribution in [1.82, 2.24) is 10.2 Å². The topological polar surface area (TPSA) is 91.0 Å². The van der Waals surface area contributed by atoms with Gasteiger partial charge in [0.1, 0.15) is 6.04 Å².